The third-order valence-corrected chi connectivity index (χ3v) is 5.13. The topological polar surface area (TPSA) is 75.0 Å². The Hall–Kier alpha value is -3.92. The summed E-state index contributed by atoms with van der Waals surface area (Å²) in [4.78, 5) is 0. The van der Waals surface area contributed by atoms with E-state index in [1.165, 1.54) is 18.2 Å². The molecule has 2 aromatic heterocycles. The van der Waals surface area contributed by atoms with Crippen LogP contribution in [-0.4, -0.2) is 14.8 Å². The Labute approximate surface area is 171 Å². The second kappa shape index (κ2) is 7.16. The molecule has 0 spiro atoms. The number of aromatic hydroxyl groups is 1. The molecule has 2 heterocycles. The maximum absolute atomic E-state index is 14.1. The molecule has 0 amide bonds. The number of phenols is 1. The molecule has 0 fully saturated rings. The molecule has 30 heavy (non-hydrogen) atoms. The van der Waals surface area contributed by atoms with Gasteiger partial charge < -0.3 is 14.2 Å². The first-order valence-electron chi connectivity index (χ1n) is 9.14. The van der Waals surface area contributed by atoms with Crippen LogP contribution < -0.4 is 0 Å². The highest BCUT2D eigenvalue weighted by Gasteiger charge is 2.28. The van der Waals surface area contributed by atoms with Gasteiger partial charge in [-0.3, -0.25) is 0 Å². The van der Waals surface area contributed by atoms with Gasteiger partial charge in [-0.2, -0.15) is 5.26 Å². The molecule has 1 N–H and O–H groups in total. The predicted molar refractivity (Wildman–Crippen MR) is 108 cm³/mol. The minimum Gasteiger partial charge on any atom is -0.508 e. The molecule has 0 atom stereocenters. The Kier molecular flexibility index (Phi) is 4.63. The van der Waals surface area contributed by atoms with Gasteiger partial charge in [0.05, 0.1) is 17.0 Å². The number of rotatable bonds is 3. The van der Waals surface area contributed by atoms with Crippen molar-refractivity contribution in [3.63, 3.8) is 0 Å². The quantitative estimate of drug-likeness (QED) is 0.489. The molecule has 0 aliphatic carbocycles. The van der Waals surface area contributed by atoms with Gasteiger partial charge in [-0.05, 0) is 49.7 Å². The van der Waals surface area contributed by atoms with Crippen molar-refractivity contribution in [1.29, 1.82) is 5.26 Å². The average molecular weight is 405 g/mol. The molecule has 0 saturated heterocycles. The first-order chi connectivity index (χ1) is 14.3. The molecule has 4 aromatic rings. The summed E-state index contributed by atoms with van der Waals surface area (Å²) in [5, 5.41) is 23.7. The molecule has 0 aliphatic rings. The van der Waals surface area contributed by atoms with Crippen LogP contribution in [0, 0.1) is 36.8 Å². The van der Waals surface area contributed by atoms with Gasteiger partial charge in [0.15, 0.2) is 11.6 Å². The zero-order valence-corrected chi connectivity index (χ0v) is 16.5. The summed E-state index contributed by atoms with van der Waals surface area (Å²) in [6.07, 6.45) is 0. The molecule has 150 valence electrons. The van der Waals surface area contributed by atoms with Crippen LogP contribution in [0.15, 0.2) is 47.0 Å². The van der Waals surface area contributed by atoms with Crippen LogP contribution in [-0.2, 0) is 7.05 Å². The molecule has 0 saturated carbocycles. The van der Waals surface area contributed by atoms with Crippen molar-refractivity contribution in [3.05, 3.63) is 71.2 Å². The fourth-order valence-electron chi connectivity index (χ4n) is 3.79. The first kappa shape index (κ1) is 19.4. The van der Waals surface area contributed by atoms with Crippen LogP contribution in [0.2, 0.25) is 0 Å². The molecule has 0 unspecified atom stereocenters. The second-order valence-electron chi connectivity index (χ2n) is 6.99. The smallest absolute Gasteiger partial charge is 0.159 e. The van der Waals surface area contributed by atoms with E-state index >= 15 is 0 Å². The van der Waals surface area contributed by atoms with Gasteiger partial charge in [0.2, 0.25) is 0 Å². The number of nitriles is 1. The number of phenolic OH excluding ortho intramolecular Hbond substituents is 1. The maximum Gasteiger partial charge on any atom is 0.159 e. The fourth-order valence-corrected chi connectivity index (χ4v) is 3.79. The van der Waals surface area contributed by atoms with E-state index in [-0.39, 0.29) is 5.75 Å². The van der Waals surface area contributed by atoms with Crippen molar-refractivity contribution in [2.24, 2.45) is 7.05 Å². The molecule has 4 rings (SSSR count). The van der Waals surface area contributed by atoms with E-state index in [1.54, 1.807) is 37.6 Å². The number of hydrogen-bond donors (Lipinski definition) is 1. The lowest BCUT2D eigenvalue weighted by atomic mass is 9.92. The van der Waals surface area contributed by atoms with Crippen LogP contribution in [0.4, 0.5) is 8.78 Å². The molecule has 5 nitrogen and oxygen atoms in total. The Balaban J connectivity index is 2.17. The third-order valence-electron chi connectivity index (χ3n) is 5.13. The third kappa shape index (κ3) is 2.94. The molecule has 0 bridgehead atoms. The molecular formula is C23H17F2N3O2. The van der Waals surface area contributed by atoms with Gasteiger partial charge in [-0.25, -0.2) is 8.78 Å². The number of benzene rings is 2. The van der Waals surface area contributed by atoms with Gasteiger partial charge >= 0.3 is 0 Å². The van der Waals surface area contributed by atoms with Crippen molar-refractivity contribution in [2.75, 3.05) is 0 Å². The van der Waals surface area contributed by atoms with Crippen LogP contribution >= 0.6 is 0 Å². The predicted octanol–water partition coefficient (Wildman–Crippen LogP) is 5.49. The Morgan fingerprint density at radius 3 is 2.20 bits per heavy atom. The highest BCUT2D eigenvalue weighted by molar-refractivity contribution is 5.97. The van der Waals surface area contributed by atoms with Crippen LogP contribution in [0.3, 0.4) is 0 Å². The Morgan fingerprint density at radius 1 is 0.967 bits per heavy atom. The van der Waals surface area contributed by atoms with Crippen molar-refractivity contribution in [3.8, 4) is 45.3 Å². The summed E-state index contributed by atoms with van der Waals surface area (Å²) in [6, 6.07) is 12.3. The van der Waals surface area contributed by atoms with E-state index in [2.05, 4.69) is 11.2 Å². The summed E-state index contributed by atoms with van der Waals surface area (Å²) in [5.74, 6) is -1.32. The minimum absolute atomic E-state index is 0.0865. The van der Waals surface area contributed by atoms with E-state index in [0.717, 1.165) is 12.1 Å². The lowest BCUT2D eigenvalue weighted by molar-refractivity contribution is 0.393. The summed E-state index contributed by atoms with van der Waals surface area (Å²) < 4.78 is 34.6. The fraction of sp³-hybridized carbons (Fsp3) is 0.130. The zero-order valence-electron chi connectivity index (χ0n) is 16.5. The van der Waals surface area contributed by atoms with E-state index in [4.69, 9.17) is 4.52 Å². The molecule has 7 heteroatoms. The van der Waals surface area contributed by atoms with E-state index < -0.39 is 11.6 Å². The van der Waals surface area contributed by atoms with Gasteiger partial charge in [0, 0.05) is 23.7 Å². The monoisotopic (exact) mass is 405 g/mol. The van der Waals surface area contributed by atoms with E-state index in [9.17, 15) is 19.1 Å². The summed E-state index contributed by atoms with van der Waals surface area (Å²) in [6.45, 7) is 3.53. The number of hydrogen-bond acceptors (Lipinski definition) is 4. The Bertz CT molecular complexity index is 1290. The normalized spacial score (nSPS) is 10.9. The summed E-state index contributed by atoms with van der Waals surface area (Å²) in [5.41, 5.74) is 4.45. The second-order valence-corrected chi connectivity index (χ2v) is 6.99. The Morgan fingerprint density at radius 2 is 1.63 bits per heavy atom. The van der Waals surface area contributed by atoms with Crippen LogP contribution in [0.1, 0.15) is 17.1 Å². The highest BCUT2D eigenvalue weighted by atomic mass is 19.2. The number of aromatic nitrogens is 2. The molecular weight excluding hydrogens is 388 g/mol. The molecule has 0 radical (unpaired) electrons. The van der Waals surface area contributed by atoms with Gasteiger partial charge in [-0.1, -0.05) is 17.3 Å². The number of nitrogens with zero attached hydrogens (tertiary/aromatic N) is 3. The van der Waals surface area contributed by atoms with Crippen molar-refractivity contribution in [2.45, 2.75) is 13.8 Å². The lowest BCUT2D eigenvalue weighted by Gasteiger charge is -2.11. The van der Waals surface area contributed by atoms with Crippen molar-refractivity contribution >= 4 is 0 Å². The number of halogens is 2. The van der Waals surface area contributed by atoms with Crippen molar-refractivity contribution in [1.82, 2.24) is 9.72 Å². The van der Waals surface area contributed by atoms with Crippen molar-refractivity contribution < 1.29 is 18.4 Å². The summed E-state index contributed by atoms with van der Waals surface area (Å²) >= 11 is 0. The van der Waals surface area contributed by atoms with E-state index in [1.807, 2.05) is 0 Å². The maximum atomic E-state index is 14.1. The average Bonchev–Trinajstić information content (AvgIpc) is 3.20. The van der Waals surface area contributed by atoms with Gasteiger partial charge in [0.1, 0.15) is 23.3 Å². The highest BCUT2D eigenvalue weighted by Crippen LogP contribution is 2.46. The standard InChI is InChI=1S/C23H17F2N3O2/c1-12-20(13(2)30-27-12)22-19(11-26)28(3)23(15-6-9-17(24)18(25)10-15)21(22)14-4-7-16(29)8-5-14/h4-10,29H,1-3H3. The lowest BCUT2D eigenvalue weighted by Crippen LogP contribution is -1.97. The van der Waals surface area contributed by atoms with Gasteiger partial charge in [0.25, 0.3) is 0 Å². The minimum atomic E-state index is -0.984. The number of aryl methyl sites for hydroxylation is 2. The molecule has 2 aromatic carbocycles. The van der Waals surface area contributed by atoms with Crippen LogP contribution in [0.25, 0.3) is 33.5 Å². The van der Waals surface area contributed by atoms with Gasteiger partial charge in [-0.15, -0.1) is 0 Å². The zero-order chi connectivity index (χ0) is 21.6. The van der Waals surface area contributed by atoms with Crippen LogP contribution in [0.5, 0.6) is 5.75 Å². The largest absolute Gasteiger partial charge is 0.508 e. The van der Waals surface area contributed by atoms with E-state index in [0.29, 0.717) is 50.7 Å². The SMILES string of the molecule is Cc1noc(C)c1-c1c(-c2ccc(O)cc2)c(-c2ccc(F)c(F)c2)n(C)c1C#N. The summed E-state index contributed by atoms with van der Waals surface area (Å²) in [7, 11) is 1.70. The first-order valence-corrected chi connectivity index (χ1v) is 9.14. The molecule has 0 aliphatic heterocycles.